The highest BCUT2D eigenvalue weighted by Gasteiger charge is 2.15. The molecule has 2 aromatic heterocycles. The molecule has 3 heterocycles. The van der Waals surface area contributed by atoms with Gasteiger partial charge in [-0.15, -0.1) is 0 Å². The van der Waals surface area contributed by atoms with Crippen LogP contribution in [0.15, 0.2) is 72.9 Å². The summed E-state index contributed by atoms with van der Waals surface area (Å²) < 4.78 is 0. The zero-order valence-electron chi connectivity index (χ0n) is 18.8. The highest BCUT2D eigenvalue weighted by molar-refractivity contribution is 6.31. The van der Waals surface area contributed by atoms with Gasteiger partial charge in [0, 0.05) is 59.9 Å². The normalized spacial score (nSPS) is 14.5. The van der Waals surface area contributed by atoms with Crippen LogP contribution in [0.1, 0.15) is 11.3 Å². The van der Waals surface area contributed by atoms with Crippen molar-refractivity contribution in [1.29, 1.82) is 0 Å². The standard InChI is InChI=1S/C27H28ClN5/c1-32-14-16-33(17-15-32)27-7-3-5-22(31-27)10-8-20-4-2-6-23(18-20)30-25-12-13-29-26-19-21(28)9-11-24(25)26/h2-7,9,11-13,18-19H,8,10,14-17H2,1H3,(H,29,30). The van der Waals surface area contributed by atoms with Gasteiger partial charge in [-0.1, -0.05) is 29.8 Å². The number of aryl methyl sites for hydroxylation is 2. The fraction of sp³-hybridized carbons (Fsp3) is 0.259. The molecule has 168 valence electrons. The number of piperazine rings is 1. The lowest BCUT2D eigenvalue weighted by Crippen LogP contribution is -2.44. The second-order valence-electron chi connectivity index (χ2n) is 8.62. The van der Waals surface area contributed by atoms with Gasteiger partial charge in [0.05, 0.1) is 5.52 Å². The number of rotatable bonds is 6. The van der Waals surface area contributed by atoms with Crippen molar-refractivity contribution in [1.82, 2.24) is 14.9 Å². The Balaban J connectivity index is 1.27. The van der Waals surface area contributed by atoms with E-state index in [1.54, 1.807) is 0 Å². The molecule has 0 aliphatic carbocycles. The Morgan fingerprint density at radius 3 is 2.64 bits per heavy atom. The Bertz CT molecular complexity index is 1250. The Hall–Kier alpha value is -3.15. The van der Waals surface area contributed by atoms with Crippen molar-refractivity contribution in [2.45, 2.75) is 12.8 Å². The molecule has 33 heavy (non-hydrogen) atoms. The fourth-order valence-electron chi connectivity index (χ4n) is 4.28. The number of anilines is 3. The molecule has 5 rings (SSSR count). The van der Waals surface area contributed by atoms with E-state index in [-0.39, 0.29) is 0 Å². The second-order valence-corrected chi connectivity index (χ2v) is 9.06. The van der Waals surface area contributed by atoms with Crippen molar-refractivity contribution in [2.75, 3.05) is 43.4 Å². The van der Waals surface area contributed by atoms with Crippen molar-refractivity contribution in [2.24, 2.45) is 0 Å². The van der Waals surface area contributed by atoms with Crippen molar-refractivity contribution in [3.8, 4) is 0 Å². The largest absolute Gasteiger partial charge is 0.355 e. The summed E-state index contributed by atoms with van der Waals surface area (Å²) in [7, 11) is 2.18. The van der Waals surface area contributed by atoms with Gasteiger partial charge < -0.3 is 15.1 Å². The lowest BCUT2D eigenvalue weighted by molar-refractivity contribution is 0.312. The molecule has 1 aliphatic rings. The third kappa shape index (κ3) is 5.27. The van der Waals surface area contributed by atoms with Crippen LogP contribution in [0.5, 0.6) is 0 Å². The number of aromatic nitrogens is 2. The van der Waals surface area contributed by atoms with Crippen LogP contribution in [0.25, 0.3) is 10.9 Å². The summed E-state index contributed by atoms with van der Waals surface area (Å²) in [5.41, 5.74) is 5.40. The van der Waals surface area contributed by atoms with Gasteiger partial charge in [0.1, 0.15) is 5.82 Å². The number of likely N-dealkylation sites (N-methyl/N-ethyl adjacent to an activating group) is 1. The molecule has 0 radical (unpaired) electrons. The van der Waals surface area contributed by atoms with Crippen LogP contribution >= 0.6 is 11.6 Å². The van der Waals surface area contributed by atoms with Crippen molar-refractivity contribution in [3.05, 3.63) is 89.2 Å². The molecule has 1 aliphatic heterocycles. The minimum absolute atomic E-state index is 0.694. The highest BCUT2D eigenvalue weighted by Crippen LogP contribution is 2.27. The van der Waals surface area contributed by atoms with Crippen LogP contribution in [0, 0.1) is 0 Å². The predicted molar refractivity (Wildman–Crippen MR) is 138 cm³/mol. The van der Waals surface area contributed by atoms with E-state index in [1.807, 2.05) is 30.5 Å². The lowest BCUT2D eigenvalue weighted by atomic mass is 10.1. The molecule has 0 amide bonds. The smallest absolute Gasteiger partial charge is 0.128 e. The summed E-state index contributed by atoms with van der Waals surface area (Å²) in [6.45, 7) is 4.25. The third-order valence-corrected chi connectivity index (χ3v) is 6.44. The lowest BCUT2D eigenvalue weighted by Gasteiger charge is -2.33. The van der Waals surface area contributed by atoms with Crippen LogP contribution in [0.4, 0.5) is 17.2 Å². The van der Waals surface area contributed by atoms with E-state index in [4.69, 9.17) is 16.6 Å². The summed E-state index contributed by atoms with van der Waals surface area (Å²) in [6.07, 6.45) is 3.67. The molecule has 1 N–H and O–H groups in total. The van der Waals surface area contributed by atoms with E-state index in [0.717, 1.165) is 72.8 Å². The summed E-state index contributed by atoms with van der Waals surface area (Å²) in [6, 6.07) is 22.8. The first-order chi connectivity index (χ1) is 16.1. The molecule has 4 aromatic rings. The number of benzene rings is 2. The van der Waals surface area contributed by atoms with Gasteiger partial charge in [0.15, 0.2) is 0 Å². The highest BCUT2D eigenvalue weighted by atomic mass is 35.5. The monoisotopic (exact) mass is 457 g/mol. The minimum Gasteiger partial charge on any atom is -0.355 e. The molecule has 6 heteroatoms. The van der Waals surface area contributed by atoms with Crippen molar-refractivity contribution >= 4 is 39.7 Å². The van der Waals surface area contributed by atoms with E-state index in [1.165, 1.54) is 5.56 Å². The zero-order valence-corrected chi connectivity index (χ0v) is 19.6. The van der Waals surface area contributed by atoms with Gasteiger partial charge in [0.2, 0.25) is 0 Å². The van der Waals surface area contributed by atoms with Crippen molar-refractivity contribution in [3.63, 3.8) is 0 Å². The Morgan fingerprint density at radius 2 is 1.76 bits per heavy atom. The predicted octanol–water partition coefficient (Wildman–Crippen LogP) is 5.56. The van der Waals surface area contributed by atoms with E-state index in [9.17, 15) is 0 Å². The number of nitrogens with zero attached hydrogens (tertiary/aromatic N) is 4. The second kappa shape index (κ2) is 9.77. The molecule has 0 spiro atoms. The topological polar surface area (TPSA) is 44.3 Å². The van der Waals surface area contributed by atoms with Crippen LogP contribution < -0.4 is 10.2 Å². The van der Waals surface area contributed by atoms with Crippen LogP contribution in [-0.2, 0) is 12.8 Å². The maximum atomic E-state index is 6.13. The fourth-order valence-corrected chi connectivity index (χ4v) is 4.45. The first-order valence-electron chi connectivity index (χ1n) is 11.4. The molecular weight excluding hydrogens is 430 g/mol. The van der Waals surface area contributed by atoms with E-state index in [2.05, 4.69) is 69.6 Å². The number of fused-ring (bicyclic) bond motifs is 1. The van der Waals surface area contributed by atoms with E-state index in [0.29, 0.717) is 5.02 Å². The minimum atomic E-state index is 0.694. The number of halogens is 1. The van der Waals surface area contributed by atoms with E-state index >= 15 is 0 Å². The molecule has 0 bridgehead atoms. The van der Waals surface area contributed by atoms with Gasteiger partial charge in [-0.05, 0) is 74.0 Å². The third-order valence-electron chi connectivity index (χ3n) is 6.20. The number of pyridine rings is 2. The summed E-state index contributed by atoms with van der Waals surface area (Å²) in [4.78, 5) is 14.1. The quantitative estimate of drug-likeness (QED) is 0.410. The average molecular weight is 458 g/mol. The maximum Gasteiger partial charge on any atom is 0.128 e. The van der Waals surface area contributed by atoms with Gasteiger partial charge in [-0.3, -0.25) is 4.98 Å². The Labute approximate surface area is 200 Å². The van der Waals surface area contributed by atoms with Crippen LogP contribution in [0.2, 0.25) is 5.02 Å². The van der Waals surface area contributed by atoms with Gasteiger partial charge in [-0.2, -0.15) is 0 Å². The number of hydrogen-bond donors (Lipinski definition) is 1. The molecule has 0 atom stereocenters. The summed E-state index contributed by atoms with van der Waals surface area (Å²) >= 11 is 6.13. The van der Waals surface area contributed by atoms with Crippen molar-refractivity contribution < 1.29 is 0 Å². The van der Waals surface area contributed by atoms with Crippen LogP contribution in [0.3, 0.4) is 0 Å². The number of hydrogen-bond acceptors (Lipinski definition) is 5. The van der Waals surface area contributed by atoms with Crippen LogP contribution in [-0.4, -0.2) is 48.1 Å². The number of nitrogens with one attached hydrogen (secondary N) is 1. The van der Waals surface area contributed by atoms with E-state index < -0.39 is 0 Å². The Morgan fingerprint density at radius 1 is 0.909 bits per heavy atom. The molecule has 0 unspecified atom stereocenters. The van der Waals surface area contributed by atoms with Gasteiger partial charge in [-0.25, -0.2) is 4.98 Å². The SMILES string of the molecule is CN1CCN(c2cccc(CCc3cccc(Nc4ccnc5cc(Cl)ccc45)c3)n2)CC1. The zero-order chi connectivity index (χ0) is 22.6. The molecule has 2 aromatic carbocycles. The Kier molecular flexibility index (Phi) is 6.42. The summed E-state index contributed by atoms with van der Waals surface area (Å²) in [5.74, 6) is 1.10. The average Bonchev–Trinajstić information content (AvgIpc) is 2.84. The molecule has 5 nitrogen and oxygen atoms in total. The maximum absolute atomic E-state index is 6.13. The van der Waals surface area contributed by atoms with Gasteiger partial charge in [0.25, 0.3) is 0 Å². The summed E-state index contributed by atoms with van der Waals surface area (Å²) in [5, 5.41) is 5.30. The first-order valence-corrected chi connectivity index (χ1v) is 11.8. The molecular formula is C27H28ClN5. The molecule has 1 fully saturated rings. The van der Waals surface area contributed by atoms with Gasteiger partial charge >= 0.3 is 0 Å². The first kappa shape index (κ1) is 21.7. The molecule has 1 saturated heterocycles. The molecule has 0 saturated carbocycles.